The molecule has 204 valence electrons. The van der Waals surface area contributed by atoms with Crippen molar-refractivity contribution in [2.24, 2.45) is 10.8 Å². The molecule has 0 atom stereocenters. The predicted octanol–water partition coefficient (Wildman–Crippen LogP) is 6.84. The summed E-state index contributed by atoms with van der Waals surface area (Å²) in [5.41, 5.74) is 1.45. The predicted molar refractivity (Wildman–Crippen MR) is 143 cm³/mol. The summed E-state index contributed by atoms with van der Waals surface area (Å²) in [6.45, 7) is 10.3. The van der Waals surface area contributed by atoms with Gasteiger partial charge in [0.25, 0.3) is 0 Å². The molecular weight excluding hydrogens is 499 g/mol. The Balaban J connectivity index is 1.59. The zero-order valence-electron chi connectivity index (χ0n) is 23.0. The summed E-state index contributed by atoms with van der Waals surface area (Å²) in [5.74, 6) is 0.0270. The van der Waals surface area contributed by atoms with E-state index in [1.165, 1.54) is 24.3 Å². The number of carbonyl (C=O) groups excluding carboxylic acids is 3. The first-order chi connectivity index (χ1) is 18.4. The monoisotopic (exact) mass is 532 g/mol. The van der Waals surface area contributed by atoms with Gasteiger partial charge in [0.1, 0.15) is 17.3 Å². The van der Waals surface area contributed by atoms with Crippen molar-refractivity contribution in [2.45, 2.75) is 66.2 Å². The molecule has 0 aromatic heterocycles. The van der Waals surface area contributed by atoms with Gasteiger partial charge in [0, 0.05) is 42.7 Å². The molecule has 0 saturated carbocycles. The second-order valence-electron chi connectivity index (χ2n) is 12.1. The van der Waals surface area contributed by atoms with E-state index in [2.05, 4.69) is 0 Å². The molecular formula is C32H33FO6. The molecule has 0 amide bonds. The smallest absolute Gasteiger partial charge is 0.343 e. The van der Waals surface area contributed by atoms with Crippen LogP contribution >= 0.6 is 0 Å². The highest BCUT2D eigenvalue weighted by molar-refractivity contribution is 6.06. The highest BCUT2D eigenvalue weighted by Crippen LogP contribution is 2.53. The normalized spacial score (nSPS) is 20.3. The highest BCUT2D eigenvalue weighted by atomic mass is 19.1. The van der Waals surface area contributed by atoms with Gasteiger partial charge in [-0.05, 0) is 59.7 Å². The van der Waals surface area contributed by atoms with Gasteiger partial charge in [0.15, 0.2) is 23.1 Å². The van der Waals surface area contributed by atoms with Crippen molar-refractivity contribution in [1.82, 2.24) is 0 Å². The molecule has 2 aromatic carbocycles. The molecule has 2 aliphatic carbocycles. The average Bonchev–Trinajstić information content (AvgIpc) is 2.82. The van der Waals surface area contributed by atoms with E-state index < -0.39 is 17.7 Å². The Morgan fingerprint density at radius 1 is 0.872 bits per heavy atom. The third-order valence-corrected chi connectivity index (χ3v) is 7.47. The summed E-state index contributed by atoms with van der Waals surface area (Å²) in [6.07, 6.45) is 1.92. The molecule has 0 spiro atoms. The lowest BCUT2D eigenvalue weighted by atomic mass is 9.65. The Morgan fingerprint density at radius 3 is 1.97 bits per heavy atom. The van der Waals surface area contributed by atoms with Crippen LogP contribution in [0.25, 0.3) is 0 Å². The molecule has 1 aliphatic heterocycles. The van der Waals surface area contributed by atoms with Crippen LogP contribution in [0.1, 0.15) is 82.1 Å². The molecule has 3 aliphatic rings. The van der Waals surface area contributed by atoms with Gasteiger partial charge < -0.3 is 14.2 Å². The Bertz CT molecular complexity index is 1380. The van der Waals surface area contributed by atoms with Crippen molar-refractivity contribution in [1.29, 1.82) is 0 Å². The van der Waals surface area contributed by atoms with E-state index in [1.807, 2.05) is 34.6 Å². The van der Waals surface area contributed by atoms with Crippen molar-refractivity contribution in [2.75, 3.05) is 6.61 Å². The summed E-state index contributed by atoms with van der Waals surface area (Å²) in [6, 6.07) is 10.2. The van der Waals surface area contributed by atoms with Crippen LogP contribution in [0.2, 0.25) is 0 Å². The lowest BCUT2D eigenvalue weighted by Gasteiger charge is -2.42. The van der Waals surface area contributed by atoms with E-state index in [1.54, 1.807) is 18.2 Å². The van der Waals surface area contributed by atoms with E-state index in [0.717, 1.165) is 0 Å². The quantitative estimate of drug-likeness (QED) is 0.310. The maximum absolute atomic E-state index is 13.5. The minimum Gasteiger partial charge on any atom is -0.490 e. The number of Topliss-reactive ketones (excluding diaryl/α,β-unsaturated/α-hetero) is 2. The molecule has 0 bridgehead atoms. The maximum Gasteiger partial charge on any atom is 0.343 e. The standard InChI is InChI=1S/C32H33FO6/c1-6-37-24-13-19(9-12-23(24)39-30(36)18-7-10-20(33)11-8-18)27-28-21(34)14-31(2,3)16-25(28)38-26-17-32(4,5)15-22(35)29(26)27/h7-13,27H,6,14-17H2,1-5H3. The summed E-state index contributed by atoms with van der Waals surface area (Å²) in [4.78, 5) is 39.8. The summed E-state index contributed by atoms with van der Waals surface area (Å²) < 4.78 is 31.1. The van der Waals surface area contributed by atoms with Crippen LogP contribution in [0.5, 0.6) is 11.5 Å². The van der Waals surface area contributed by atoms with Gasteiger partial charge in [-0.3, -0.25) is 9.59 Å². The SMILES string of the molecule is CCOc1cc(C2C3=C(CC(C)(C)CC3=O)OC3=C2C(=O)CC(C)(C)C3)ccc1OC(=O)c1ccc(F)cc1. The van der Waals surface area contributed by atoms with Gasteiger partial charge in [-0.1, -0.05) is 33.8 Å². The molecule has 2 aromatic rings. The number of carbonyl (C=O) groups is 3. The largest absolute Gasteiger partial charge is 0.490 e. The van der Waals surface area contributed by atoms with Gasteiger partial charge in [0.2, 0.25) is 0 Å². The van der Waals surface area contributed by atoms with E-state index in [-0.39, 0.29) is 33.7 Å². The van der Waals surface area contributed by atoms with E-state index in [0.29, 0.717) is 66.3 Å². The number of hydrogen-bond donors (Lipinski definition) is 0. The van der Waals surface area contributed by atoms with Crippen molar-refractivity contribution >= 4 is 17.5 Å². The van der Waals surface area contributed by atoms with Crippen molar-refractivity contribution in [3.05, 3.63) is 82.1 Å². The van der Waals surface area contributed by atoms with Crippen molar-refractivity contribution in [3.8, 4) is 11.5 Å². The first-order valence-electron chi connectivity index (χ1n) is 13.3. The highest BCUT2D eigenvalue weighted by Gasteiger charge is 2.48. The van der Waals surface area contributed by atoms with Crippen LogP contribution in [0.4, 0.5) is 4.39 Å². The fourth-order valence-corrected chi connectivity index (χ4v) is 5.81. The fraction of sp³-hybridized carbons (Fsp3) is 0.406. The minimum absolute atomic E-state index is 0.0276. The molecule has 1 heterocycles. The topological polar surface area (TPSA) is 78.9 Å². The molecule has 0 fully saturated rings. The molecule has 0 N–H and O–H groups in total. The number of hydrogen-bond acceptors (Lipinski definition) is 6. The molecule has 39 heavy (non-hydrogen) atoms. The number of benzene rings is 2. The first-order valence-corrected chi connectivity index (χ1v) is 13.3. The van der Waals surface area contributed by atoms with Crippen LogP contribution in [0.15, 0.2) is 65.1 Å². The Kier molecular flexibility index (Phi) is 6.73. The Hall–Kier alpha value is -3.74. The summed E-state index contributed by atoms with van der Waals surface area (Å²) in [7, 11) is 0. The van der Waals surface area contributed by atoms with Crippen molar-refractivity contribution in [3.63, 3.8) is 0 Å². The van der Waals surface area contributed by atoms with Crippen molar-refractivity contribution < 1.29 is 33.0 Å². The Morgan fingerprint density at radius 2 is 1.44 bits per heavy atom. The van der Waals surface area contributed by atoms with Crippen LogP contribution < -0.4 is 9.47 Å². The Labute approximate surface area is 227 Å². The van der Waals surface area contributed by atoms with E-state index in [4.69, 9.17) is 14.2 Å². The number of halogens is 1. The third kappa shape index (κ3) is 5.27. The van der Waals surface area contributed by atoms with Crippen LogP contribution in [0, 0.1) is 16.6 Å². The van der Waals surface area contributed by atoms with E-state index >= 15 is 0 Å². The fourth-order valence-electron chi connectivity index (χ4n) is 5.81. The van der Waals surface area contributed by atoms with Crippen LogP contribution in [0.3, 0.4) is 0 Å². The molecule has 6 nitrogen and oxygen atoms in total. The van der Waals surface area contributed by atoms with E-state index in [9.17, 15) is 18.8 Å². The second-order valence-corrected chi connectivity index (χ2v) is 12.1. The van der Waals surface area contributed by atoms with Gasteiger partial charge in [0.05, 0.1) is 12.2 Å². The molecule has 0 saturated heterocycles. The van der Waals surface area contributed by atoms with Gasteiger partial charge >= 0.3 is 5.97 Å². The number of rotatable bonds is 5. The minimum atomic E-state index is -0.654. The molecule has 5 rings (SSSR count). The average molecular weight is 533 g/mol. The molecule has 0 unspecified atom stereocenters. The van der Waals surface area contributed by atoms with Crippen LogP contribution in [-0.2, 0) is 14.3 Å². The molecule has 0 radical (unpaired) electrons. The van der Waals surface area contributed by atoms with Gasteiger partial charge in [-0.25, -0.2) is 9.18 Å². The molecule has 7 heteroatoms. The summed E-state index contributed by atoms with van der Waals surface area (Å²) >= 11 is 0. The van der Waals surface area contributed by atoms with Crippen LogP contribution in [-0.4, -0.2) is 24.1 Å². The number of allylic oxidation sites excluding steroid dienone is 4. The summed E-state index contributed by atoms with van der Waals surface area (Å²) in [5, 5.41) is 0. The number of ketones is 2. The number of esters is 1. The second kappa shape index (κ2) is 9.78. The van der Waals surface area contributed by atoms with Gasteiger partial charge in [-0.15, -0.1) is 0 Å². The third-order valence-electron chi connectivity index (χ3n) is 7.47. The lowest BCUT2D eigenvalue weighted by molar-refractivity contribution is -0.120. The maximum atomic E-state index is 13.5. The lowest BCUT2D eigenvalue weighted by Crippen LogP contribution is -2.37. The van der Waals surface area contributed by atoms with Gasteiger partial charge in [-0.2, -0.15) is 0 Å². The zero-order valence-corrected chi connectivity index (χ0v) is 23.0. The first kappa shape index (κ1) is 26.9. The number of ether oxygens (including phenoxy) is 3. The zero-order chi connectivity index (χ0) is 28.1.